The molecule has 102 valence electrons. The van der Waals surface area contributed by atoms with E-state index in [9.17, 15) is 13.2 Å². The van der Waals surface area contributed by atoms with Crippen molar-refractivity contribution in [2.75, 3.05) is 20.1 Å². The Morgan fingerprint density at radius 2 is 1.94 bits per heavy atom. The van der Waals surface area contributed by atoms with Crippen molar-refractivity contribution in [2.45, 2.75) is 45.3 Å². The van der Waals surface area contributed by atoms with Gasteiger partial charge in [0.1, 0.15) is 0 Å². The van der Waals surface area contributed by atoms with E-state index in [-0.39, 0.29) is 17.4 Å². The van der Waals surface area contributed by atoms with Gasteiger partial charge in [0.2, 0.25) is 0 Å². The van der Waals surface area contributed by atoms with Crippen LogP contribution in [-0.4, -0.2) is 37.3 Å². The first-order chi connectivity index (χ1) is 7.59. The van der Waals surface area contributed by atoms with Crippen LogP contribution in [0.5, 0.6) is 0 Å². The van der Waals surface area contributed by atoms with Gasteiger partial charge in [-0.05, 0) is 37.6 Å². The first kappa shape index (κ1) is 14.8. The largest absolute Gasteiger partial charge is 0.401 e. The summed E-state index contributed by atoms with van der Waals surface area (Å²) in [6.07, 6.45) is -1.23. The summed E-state index contributed by atoms with van der Waals surface area (Å²) in [5, 5.41) is 0. The van der Waals surface area contributed by atoms with Gasteiger partial charge < -0.3 is 5.73 Å². The van der Waals surface area contributed by atoms with E-state index in [4.69, 9.17) is 5.73 Å². The van der Waals surface area contributed by atoms with E-state index in [1.54, 1.807) is 0 Å². The minimum absolute atomic E-state index is 0.0405. The Balaban J connectivity index is 2.49. The van der Waals surface area contributed by atoms with Gasteiger partial charge in [-0.15, -0.1) is 0 Å². The molecule has 0 radical (unpaired) electrons. The SMILES string of the molecule is CN(CC1CC(C)(C)CCC1N)CC(F)(F)F. The number of nitrogens with zero attached hydrogens (tertiary/aromatic N) is 1. The molecular formula is C12H23F3N2. The molecular weight excluding hydrogens is 229 g/mol. The Labute approximate surface area is 101 Å². The van der Waals surface area contributed by atoms with Crippen molar-refractivity contribution in [3.63, 3.8) is 0 Å². The summed E-state index contributed by atoms with van der Waals surface area (Å²) in [4.78, 5) is 1.34. The smallest absolute Gasteiger partial charge is 0.327 e. The summed E-state index contributed by atoms with van der Waals surface area (Å²) in [7, 11) is 1.52. The molecule has 0 aromatic carbocycles. The van der Waals surface area contributed by atoms with Crippen LogP contribution < -0.4 is 5.73 Å². The Morgan fingerprint density at radius 3 is 2.47 bits per heavy atom. The van der Waals surface area contributed by atoms with E-state index in [1.807, 2.05) is 0 Å². The van der Waals surface area contributed by atoms with Gasteiger partial charge in [-0.2, -0.15) is 13.2 Å². The second-order valence-corrected chi connectivity index (χ2v) is 6.14. The van der Waals surface area contributed by atoms with Crippen LogP contribution in [-0.2, 0) is 0 Å². The fourth-order valence-corrected chi connectivity index (χ4v) is 2.73. The van der Waals surface area contributed by atoms with Gasteiger partial charge in [-0.3, -0.25) is 4.90 Å². The zero-order chi connectivity index (χ0) is 13.3. The fraction of sp³-hybridized carbons (Fsp3) is 1.00. The number of hydrogen-bond acceptors (Lipinski definition) is 2. The van der Waals surface area contributed by atoms with Gasteiger partial charge in [-0.1, -0.05) is 13.8 Å². The highest BCUT2D eigenvalue weighted by Crippen LogP contribution is 2.38. The van der Waals surface area contributed by atoms with Gasteiger partial charge in [0.25, 0.3) is 0 Å². The lowest BCUT2D eigenvalue weighted by Gasteiger charge is -2.40. The summed E-state index contributed by atoms with van der Waals surface area (Å²) < 4.78 is 36.7. The molecule has 2 N–H and O–H groups in total. The van der Waals surface area contributed by atoms with Gasteiger partial charge in [0.15, 0.2) is 0 Å². The summed E-state index contributed by atoms with van der Waals surface area (Å²) in [5.41, 5.74) is 6.21. The summed E-state index contributed by atoms with van der Waals surface area (Å²) in [5.74, 6) is 0.172. The molecule has 0 bridgehead atoms. The number of hydrogen-bond donors (Lipinski definition) is 1. The second kappa shape index (κ2) is 5.14. The Bertz CT molecular complexity index is 251. The lowest BCUT2D eigenvalue weighted by atomic mass is 9.70. The van der Waals surface area contributed by atoms with Gasteiger partial charge in [0.05, 0.1) is 6.54 Å². The minimum atomic E-state index is -4.12. The standard InChI is InChI=1S/C12H23F3N2/c1-11(2)5-4-10(16)9(6-11)7-17(3)8-12(13,14)15/h9-10H,4-8,16H2,1-3H3. The zero-order valence-electron chi connectivity index (χ0n) is 10.8. The quantitative estimate of drug-likeness (QED) is 0.836. The zero-order valence-corrected chi connectivity index (χ0v) is 10.8. The lowest BCUT2D eigenvalue weighted by Crippen LogP contribution is -2.45. The molecule has 0 spiro atoms. The van der Waals surface area contributed by atoms with E-state index >= 15 is 0 Å². The molecule has 1 rings (SSSR count). The maximum atomic E-state index is 12.2. The molecule has 17 heavy (non-hydrogen) atoms. The molecule has 1 aliphatic rings. The lowest BCUT2D eigenvalue weighted by molar-refractivity contribution is -0.144. The molecule has 0 aliphatic heterocycles. The Kier molecular flexibility index (Phi) is 4.47. The topological polar surface area (TPSA) is 29.3 Å². The molecule has 0 aromatic rings. The fourth-order valence-electron chi connectivity index (χ4n) is 2.73. The Morgan fingerprint density at radius 1 is 1.35 bits per heavy atom. The Hall–Kier alpha value is -0.290. The van der Waals surface area contributed by atoms with Crippen LogP contribution >= 0.6 is 0 Å². The molecule has 0 saturated heterocycles. The van der Waals surface area contributed by atoms with E-state index in [1.165, 1.54) is 11.9 Å². The molecule has 2 nitrogen and oxygen atoms in total. The van der Waals surface area contributed by atoms with E-state index < -0.39 is 12.7 Å². The first-order valence-corrected chi connectivity index (χ1v) is 6.10. The van der Waals surface area contributed by atoms with Crippen molar-refractivity contribution in [3.8, 4) is 0 Å². The summed E-state index contributed by atoms with van der Waals surface area (Å²) >= 11 is 0. The number of nitrogens with two attached hydrogens (primary N) is 1. The van der Waals surface area contributed by atoms with Crippen molar-refractivity contribution < 1.29 is 13.2 Å². The van der Waals surface area contributed by atoms with E-state index in [0.29, 0.717) is 6.54 Å². The van der Waals surface area contributed by atoms with Crippen molar-refractivity contribution in [3.05, 3.63) is 0 Å². The van der Waals surface area contributed by atoms with Crippen molar-refractivity contribution in [2.24, 2.45) is 17.1 Å². The van der Waals surface area contributed by atoms with Crippen LogP contribution in [0.15, 0.2) is 0 Å². The average Bonchev–Trinajstić information content (AvgIpc) is 2.07. The highest BCUT2D eigenvalue weighted by molar-refractivity contribution is 4.88. The predicted octanol–water partition coefficient (Wildman–Crippen LogP) is 2.63. The molecule has 2 atom stereocenters. The molecule has 0 heterocycles. The predicted molar refractivity (Wildman–Crippen MR) is 62.6 cm³/mol. The third-order valence-corrected chi connectivity index (χ3v) is 3.57. The van der Waals surface area contributed by atoms with Crippen LogP contribution in [0.1, 0.15) is 33.1 Å². The summed E-state index contributed by atoms with van der Waals surface area (Å²) in [6, 6.07) is 0.0405. The number of rotatable bonds is 3. The molecule has 0 aromatic heterocycles. The van der Waals surface area contributed by atoms with Crippen molar-refractivity contribution in [1.82, 2.24) is 4.90 Å². The third kappa shape index (κ3) is 5.25. The molecule has 1 aliphatic carbocycles. The minimum Gasteiger partial charge on any atom is -0.327 e. The van der Waals surface area contributed by atoms with Crippen LogP contribution in [0.4, 0.5) is 13.2 Å². The maximum Gasteiger partial charge on any atom is 0.401 e. The van der Waals surface area contributed by atoms with Crippen LogP contribution in [0.25, 0.3) is 0 Å². The van der Waals surface area contributed by atoms with Gasteiger partial charge in [0, 0.05) is 12.6 Å². The molecule has 2 unspecified atom stereocenters. The normalized spacial score (nSPS) is 29.6. The second-order valence-electron chi connectivity index (χ2n) is 6.14. The monoisotopic (exact) mass is 252 g/mol. The number of halogens is 3. The molecule has 1 fully saturated rings. The van der Waals surface area contributed by atoms with Crippen molar-refractivity contribution in [1.29, 1.82) is 0 Å². The average molecular weight is 252 g/mol. The highest BCUT2D eigenvalue weighted by Gasteiger charge is 2.35. The summed E-state index contributed by atoms with van der Waals surface area (Å²) in [6.45, 7) is 3.91. The highest BCUT2D eigenvalue weighted by atomic mass is 19.4. The van der Waals surface area contributed by atoms with E-state index in [0.717, 1.165) is 19.3 Å². The first-order valence-electron chi connectivity index (χ1n) is 6.10. The molecule has 1 saturated carbocycles. The third-order valence-electron chi connectivity index (χ3n) is 3.57. The van der Waals surface area contributed by atoms with Gasteiger partial charge in [-0.25, -0.2) is 0 Å². The number of alkyl halides is 3. The molecule has 5 heteroatoms. The van der Waals surface area contributed by atoms with Gasteiger partial charge >= 0.3 is 6.18 Å². The van der Waals surface area contributed by atoms with Crippen LogP contribution in [0.3, 0.4) is 0 Å². The maximum absolute atomic E-state index is 12.2. The van der Waals surface area contributed by atoms with Crippen LogP contribution in [0.2, 0.25) is 0 Å². The van der Waals surface area contributed by atoms with E-state index in [2.05, 4.69) is 13.8 Å². The molecule has 0 amide bonds. The van der Waals surface area contributed by atoms with Crippen LogP contribution in [0, 0.1) is 11.3 Å². The van der Waals surface area contributed by atoms with Crippen molar-refractivity contribution >= 4 is 0 Å².